The van der Waals surface area contributed by atoms with Crippen molar-refractivity contribution in [2.75, 3.05) is 11.9 Å². The molecule has 0 N–H and O–H groups in total. The van der Waals surface area contributed by atoms with Gasteiger partial charge in [0.05, 0.1) is 10.6 Å². The summed E-state index contributed by atoms with van der Waals surface area (Å²) in [6, 6.07) is 5.90. The smallest absolute Gasteiger partial charge is 0.307 e. The van der Waals surface area contributed by atoms with Crippen LogP contribution >= 0.6 is 11.3 Å². The van der Waals surface area contributed by atoms with E-state index in [1.54, 1.807) is 17.7 Å². The van der Waals surface area contributed by atoms with Gasteiger partial charge < -0.3 is 9.47 Å². The monoisotopic (exact) mass is 335 g/mol. The van der Waals surface area contributed by atoms with E-state index in [-0.39, 0.29) is 22.9 Å². The predicted molar refractivity (Wildman–Crippen MR) is 89.2 cm³/mol. The molecule has 122 valence electrons. The highest BCUT2D eigenvalue weighted by atomic mass is 32.1. The van der Waals surface area contributed by atoms with Crippen LogP contribution in [0, 0.1) is 24.0 Å². The lowest BCUT2D eigenvalue weighted by molar-refractivity contribution is -0.384. The lowest BCUT2D eigenvalue weighted by Gasteiger charge is -2.17. The van der Waals surface area contributed by atoms with Crippen LogP contribution in [0.1, 0.15) is 17.0 Å². The van der Waals surface area contributed by atoms with Gasteiger partial charge in [0.25, 0.3) is 5.69 Å². The highest BCUT2D eigenvalue weighted by Crippen LogP contribution is 2.20. The van der Waals surface area contributed by atoms with E-state index in [1.807, 2.05) is 13.8 Å². The van der Waals surface area contributed by atoms with Crippen LogP contribution in [0.5, 0.6) is 0 Å². The van der Waals surface area contributed by atoms with E-state index < -0.39 is 4.92 Å². The number of aromatic nitrogens is 1. The Labute approximate surface area is 136 Å². The summed E-state index contributed by atoms with van der Waals surface area (Å²) in [5, 5.41) is 10.8. The standard InChI is InChI=1S/C15H17N3O4S/c1-10-11(2)23-15(20)17(10)8-7-14(19)16(3)12-5-4-6-13(9-12)18(21)22/h4-6,9H,7-8H2,1-3H3. The van der Waals surface area contributed by atoms with Crippen LogP contribution in [0.15, 0.2) is 29.1 Å². The molecule has 23 heavy (non-hydrogen) atoms. The molecule has 1 aromatic heterocycles. The molecule has 0 saturated carbocycles. The number of carbonyl (C=O) groups excluding carboxylic acids is 1. The van der Waals surface area contributed by atoms with E-state index >= 15 is 0 Å². The molecule has 1 amide bonds. The molecule has 2 rings (SSSR count). The lowest BCUT2D eigenvalue weighted by Crippen LogP contribution is -2.28. The SMILES string of the molecule is Cc1sc(=O)n(CCC(=O)N(C)c2cccc([N+](=O)[O-])c2)c1C. The lowest BCUT2D eigenvalue weighted by atomic mass is 10.2. The number of hydrogen-bond donors (Lipinski definition) is 0. The van der Waals surface area contributed by atoms with Crippen molar-refractivity contribution in [1.82, 2.24) is 4.57 Å². The van der Waals surface area contributed by atoms with E-state index in [9.17, 15) is 19.7 Å². The van der Waals surface area contributed by atoms with Crippen LogP contribution in [0.4, 0.5) is 11.4 Å². The minimum absolute atomic E-state index is 0.0670. The highest BCUT2D eigenvalue weighted by Gasteiger charge is 2.15. The summed E-state index contributed by atoms with van der Waals surface area (Å²) in [7, 11) is 1.57. The Morgan fingerprint density at radius 3 is 2.65 bits per heavy atom. The number of carbonyl (C=O) groups is 1. The quantitative estimate of drug-likeness (QED) is 0.620. The molecule has 2 aromatic rings. The van der Waals surface area contributed by atoms with Crippen molar-refractivity contribution in [2.24, 2.45) is 0 Å². The number of rotatable bonds is 5. The summed E-state index contributed by atoms with van der Waals surface area (Å²) >= 11 is 1.16. The van der Waals surface area contributed by atoms with Crippen LogP contribution in [0.25, 0.3) is 0 Å². The maximum atomic E-state index is 12.3. The Bertz CT molecular complexity index is 809. The number of nitrogens with zero attached hydrogens (tertiary/aromatic N) is 3. The fourth-order valence-corrected chi connectivity index (χ4v) is 3.04. The molecule has 0 aliphatic carbocycles. The molecule has 0 radical (unpaired) electrons. The third-order valence-electron chi connectivity index (χ3n) is 3.73. The van der Waals surface area contributed by atoms with Gasteiger partial charge in [-0.25, -0.2) is 0 Å². The Morgan fingerprint density at radius 1 is 1.39 bits per heavy atom. The number of anilines is 1. The third kappa shape index (κ3) is 3.65. The molecule has 7 nitrogen and oxygen atoms in total. The molecule has 0 saturated heterocycles. The first-order chi connectivity index (χ1) is 10.8. The van der Waals surface area contributed by atoms with Gasteiger partial charge in [-0.3, -0.25) is 19.7 Å². The summed E-state index contributed by atoms with van der Waals surface area (Å²) in [4.78, 5) is 36.6. The minimum atomic E-state index is -0.501. The topological polar surface area (TPSA) is 85.5 Å². The van der Waals surface area contributed by atoms with E-state index in [0.29, 0.717) is 12.2 Å². The fraction of sp³-hybridized carbons (Fsp3) is 0.333. The average Bonchev–Trinajstić information content (AvgIpc) is 2.77. The van der Waals surface area contributed by atoms with E-state index in [0.717, 1.165) is 21.9 Å². The molecule has 0 bridgehead atoms. The zero-order chi connectivity index (χ0) is 17.1. The first-order valence-corrected chi connectivity index (χ1v) is 7.80. The average molecular weight is 335 g/mol. The Kier molecular flexibility index (Phi) is 4.95. The van der Waals surface area contributed by atoms with Gasteiger partial charge in [-0.1, -0.05) is 17.4 Å². The zero-order valence-corrected chi connectivity index (χ0v) is 13.9. The van der Waals surface area contributed by atoms with Crippen LogP contribution in [-0.4, -0.2) is 22.4 Å². The first-order valence-electron chi connectivity index (χ1n) is 6.99. The summed E-state index contributed by atoms with van der Waals surface area (Å²) in [6.07, 6.45) is 0.149. The van der Waals surface area contributed by atoms with Crippen LogP contribution in [-0.2, 0) is 11.3 Å². The Balaban J connectivity index is 2.10. The van der Waals surface area contributed by atoms with Crippen LogP contribution in [0.2, 0.25) is 0 Å². The second-order valence-electron chi connectivity index (χ2n) is 5.14. The number of nitro groups is 1. The van der Waals surface area contributed by atoms with Crippen molar-refractivity contribution in [3.63, 3.8) is 0 Å². The molecule has 0 aliphatic rings. The molecule has 8 heteroatoms. The van der Waals surface area contributed by atoms with E-state index in [4.69, 9.17) is 0 Å². The number of aryl methyl sites for hydroxylation is 1. The van der Waals surface area contributed by atoms with Gasteiger partial charge in [-0.15, -0.1) is 0 Å². The maximum Gasteiger partial charge on any atom is 0.307 e. The largest absolute Gasteiger partial charge is 0.315 e. The maximum absolute atomic E-state index is 12.3. The van der Waals surface area contributed by atoms with Crippen molar-refractivity contribution in [1.29, 1.82) is 0 Å². The first kappa shape index (κ1) is 16.9. The van der Waals surface area contributed by atoms with Gasteiger partial charge >= 0.3 is 4.87 Å². The van der Waals surface area contributed by atoms with Gasteiger partial charge in [0, 0.05) is 42.7 Å². The second kappa shape index (κ2) is 6.74. The Hall–Kier alpha value is -2.48. The molecule has 0 spiro atoms. The molecule has 1 heterocycles. The summed E-state index contributed by atoms with van der Waals surface area (Å²) in [6.45, 7) is 4.02. The van der Waals surface area contributed by atoms with Gasteiger partial charge in [-0.05, 0) is 19.9 Å². The number of amides is 1. The number of thiazole rings is 1. The summed E-state index contributed by atoms with van der Waals surface area (Å²) in [5.41, 5.74) is 1.25. The molecular weight excluding hydrogens is 318 g/mol. The van der Waals surface area contributed by atoms with E-state index in [1.165, 1.54) is 23.1 Å². The molecular formula is C15H17N3O4S. The summed E-state index contributed by atoms with van der Waals surface area (Å²) in [5.74, 6) is -0.208. The highest BCUT2D eigenvalue weighted by molar-refractivity contribution is 7.09. The van der Waals surface area contributed by atoms with Gasteiger partial charge in [0.1, 0.15) is 0 Å². The minimum Gasteiger partial charge on any atom is -0.315 e. The van der Waals surface area contributed by atoms with Crippen molar-refractivity contribution in [3.05, 3.63) is 54.6 Å². The zero-order valence-electron chi connectivity index (χ0n) is 13.1. The molecule has 0 fully saturated rings. The molecule has 1 aromatic carbocycles. The normalized spacial score (nSPS) is 10.6. The van der Waals surface area contributed by atoms with Crippen LogP contribution in [0.3, 0.4) is 0 Å². The van der Waals surface area contributed by atoms with Gasteiger partial charge in [0.2, 0.25) is 5.91 Å². The number of nitro benzene ring substituents is 1. The van der Waals surface area contributed by atoms with Crippen molar-refractivity contribution in [2.45, 2.75) is 26.8 Å². The molecule has 0 aliphatic heterocycles. The predicted octanol–water partition coefficient (Wildman–Crippen LogP) is 2.49. The van der Waals surface area contributed by atoms with Crippen molar-refractivity contribution >= 4 is 28.6 Å². The number of hydrogen-bond acceptors (Lipinski definition) is 5. The molecule has 0 unspecified atom stereocenters. The fourth-order valence-electron chi connectivity index (χ4n) is 2.18. The number of benzene rings is 1. The van der Waals surface area contributed by atoms with Gasteiger partial charge in [-0.2, -0.15) is 0 Å². The second-order valence-corrected chi connectivity index (χ2v) is 6.31. The van der Waals surface area contributed by atoms with Crippen LogP contribution < -0.4 is 9.77 Å². The van der Waals surface area contributed by atoms with Crippen molar-refractivity contribution < 1.29 is 9.72 Å². The summed E-state index contributed by atoms with van der Waals surface area (Å²) < 4.78 is 1.58. The van der Waals surface area contributed by atoms with Crippen molar-refractivity contribution in [3.8, 4) is 0 Å². The number of non-ortho nitro benzene ring substituents is 1. The Morgan fingerprint density at radius 2 is 2.09 bits per heavy atom. The van der Waals surface area contributed by atoms with E-state index in [2.05, 4.69) is 0 Å². The third-order valence-corrected chi connectivity index (χ3v) is 4.72. The van der Waals surface area contributed by atoms with Gasteiger partial charge in [0.15, 0.2) is 0 Å². The molecule has 0 atom stereocenters.